The maximum atomic E-state index is 14.0. The molecule has 1 rings (SSSR count). The number of rotatable bonds is 8. The highest BCUT2D eigenvalue weighted by Crippen LogP contribution is 2.26. The van der Waals surface area contributed by atoms with Gasteiger partial charge in [-0.15, -0.1) is 0 Å². The van der Waals surface area contributed by atoms with E-state index in [0.29, 0.717) is 6.54 Å². The minimum atomic E-state index is -1.40. The fourth-order valence-electron chi connectivity index (χ4n) is 2.25. The Kier molecular flexibility index (Phi) is 6.75. The summed E-state index contributed by atoms with van der Waals surface area (Å²) in [4.78, 5) is 12.0. The predicted octanol–water partition coefficient (Wildman–Crippen LogP) is 3.52. The minimum Gasteiger partial charge on any atom is -0.467 e. The van der Waals surface area contributed by atoms with Gasteiger partial charge in [-0.25, -0.2) is 13.6 Å². The zero-order valence-corrected chi connectivity index (χ0v) is 12.8. The molecule has 21 heavy (non-hydrogen) atoms. The highest BCUT2D eigenvalue weighted by atomic mass is 19.1. The predicted molar refractivity (Wildman–Crippen MR) is 77.9 cm³/mol. The summed E-state index contributed by atoms with van der Waals surface area (Å²) in [6, 6.07) is 3.08. The first-order valence-electron chi connectivity index (χ1n) is 7.24. The quantitative estimate of drug-likeness (QED) is 0.589. The Balaban J connectivity index is 2.93. The molecule has 1 unspecified atom stereocenters. The molecule has 0 bridgehead atoms. The number of nitrogens with one attached hydrogen (secondary N) is 1. The van der Waals surface area contributed by atoms with E-state index in [0.717, 1.165) is 43.9 Å². The van der Waals surface area contributed by atoms with Gasteiger partial charge in [0.25, 0.3) is 0 Å². The standard InChI is InChI=1S/C16H23F2NO2/c1-4-5-6-7-10-19-16(2,15(20)21-3)13-11-12(17)8-9-14(13)18/h8-9,11,19H,4-7,10H2,1-3H3. The summed E-state index contributed by atoms with van der Waals surface area (Å²) in [5.74, 6) is -1.86. The third kappa shape index (κ3) is 4.49. The number of methoxy groups -OCH3 is 1. The Hall–Kier alpha value is -1.49. The normalized spacial score (nSPS) is 13.8. The van der Waals surface area contributed by atoms with Gasteiger partial charge in [0, 0.05) is 5.56 Å². The molecule has 3 nitrogen and oxygen atoms in total. The topological polar surface area (TPSA) is 38.3 Å². The largest absolute Gasteiger partial charge is 0.467 e. The van der Waals surface area contributed by atoms with Gasteiger partial charge in [0.05, 0.1) is 7.11 Å². The summed E-state index contributed by atoms with van der Waals surface area (Å²) in [7, 11) is 1.23. The second-order valence-corrected chi connectivity index (χ2v) is 5.23. The molecule has 0 fully saturated rings. The molecule has 0 heterocycles. The molecule has 0 radical (unpaired) electrons. The first-order chi connectivity index (χ1) is 9.95. The van der Waals surface area contributed by atoms with Crippen LogP contribution in [-0.4, -0.2) is 19.6 Å². The monoisotopic (exact) mass is 299 g/mol. The Bertz CT molecular complexity index is 479. The number of benzene rings is 1. The number of carbonyl (C=O) groups is 1. The molecular formula is C16H23F2NO2. The molecule has 1 aromatic carbocycles. The molecule has 1 N–H and O–H groups in total. The van der Waals surface area contributed by atoms with Crippen LogP contribution in [0.2, 0.25) is 0 Å². The first-order valence-corrected chi connectivity index (χ1v) is 7.24. The minimum absolute atomic E-state index is 0.0372. The number of hydrogen-bond donors (Lipinski definition) is 1. The van der Waals surface area contributed by atoms with Gasteiger partial charge in [0.15, 0.2) is 0 Å². The SMILES string of the molecule is CCCCCCNC(C)(C(=O)OC)c1cc(F)ccc1F. The van der Waals surface area contributed by atoms with Gasteiger partial charge < -0.3 is 4.74 Å². The first kappa shape index (κ1) is 17.6. The van der Waals surface area contributed by atoms with Crippen LogP contribution >= 0.6 is 0 Å². The van der Waals surface area contributed by atoms with Crippen molar-refractivity contribution in [1.82, 2.24) is 5.32 Å². The summed E-state index contributed by atoms with van der Waals surface area (Å²) < 4.78 is 32.1. The molecule has 0 saturated carbocycles. The van der Waals surface area contributed by atoms with E-state index in [9.17, 15) is 13.6 Å². The molecule has 5 heteroatoms. The summed E-state index contributed by atoms with van der Waals surface area (Å²) in [6.45, 7) is 4.15. The van der Waals surface area contributed by atoms with E-state index in [4.69, 9.17) is 4.74 Å². The van der Waals surface area contributed by atoms with E-state index in [1.807, 2.05) is 0 Å². The van der Waals surface area contributed by atoms with E-state index in [2.05, 4.69) is 12.2 Å². The van der Waals surface area contributed by atoms with Crippen molar-refractivity contribution in [2.75, 3.05) is 13.7 Å². The summed E-state index contributed by atoms with van der Waals surface area (Å²) in [6.07, 6.45) is 4.08. The lowest BCUT2D eigenvalue weighted by atomic mass is 9.91. The van der Waals surface area contributed by atoms with Crippen LogP contribution in [0.5, 0.6) is 0 Å². The van der Waals surface area contributed by atoms with Gasteiger partial charge in [-0.2, -0.15) is 0 Å². The van der Waals surface area contributed by atoms with Crippen LogP contribution in [0, 0.1) is 11.6 Å². The Labute approximate surface area is 124 Å². The maximum absolute atomic E-state index is 14.0. The lowest BCUT2D eigenvalue weighted by Crippen LogP contribution is -2.48. The third-order valence-electron chi connectivity index (χ3n) is 3.57. The van der Waals surface area contributed by atoms with E-state index >= 15 is 0 Å². The summed E-state index contributed by atoms with van der Waals surface area (Å²) in [5.41, 5.74) is -1.43. The van der Waals surface area contributed by atoms with Crippen LogP contribution in [0.15, 0.2) is 18.2 Å². The van der Waals surface area contributed by atoms with Crippen molar-refractivity contribution >= 4 is 5.97 Å². The zero-order chi connectivity index (χ0) is 15.9. The summed E-state index contributed by atoms with van der Waals surface area (Å²) >= 11 is 0. The highest BCUT2D eigenvalue weighted by Gasteiger charge is 2.38. The molecule has 0 aliphatic carbocycles. The van der Waals surface area contributed by atoms with E-state index in [1.54, 1.807) is 0 Å². The molecule has 0 aliphatic rings. The van der Waals surface area contributed by atoms with Crippen LogP contribution in [0.3, 0.4) is 0 Å². The Morgan fingerprint density at radius 1 is 1.29 bits per heavy atom. The average molecular weight is 299 g/mol. The van der Waals surface area contributed by atoms with Crippen molar-refractivity contribution in [3.05, 3.63) is 35.4 Å². The number of hydrogen-bond acceptors (Lipinski definition) is 3. The summed E-state index contributed by atoms with van der Waals surface area (Å²) in [5, 5.41) is 3.01. The number of carbonyl (C=O) groups excluding carboxylic acids is 1. The van der Waals surface area contributed by atoms with Crippen LogP contribution in [0.4, 0.5) is 8.78 Å². The molecule has 118 valence electrons. The van der Waals surface area contributed by atoms with Gasteiger partial charge in [0.2, 0.25) is 0 Å². The van der Waals surface area contributed by atoms with E-state index in [1.165, 1.54) is 14.0 Å². The van der Waals surface area contributed by atoms with Crippen LogP contribution in [0.1, 0.15) is 45.1 Å². The van der Waals surface area contributed by atoms with E-state index < -0.39 is 23.1 Å². The molecule has 0 saturated heterocycles. The number of esters is 1. The van der Waals surface area contributed by atoms with Gasteiger partial charge in [-0.05, 0) is 38.1 Å². The molecule has 1 aromatic rings. The van der Waals surface area contributed by atoms with Gasteiger partial charge in [-0.1, -0.05) is 26.2 Å². The maximum Gasteiger partial charge on any atom is 0.330 e. The van der Waals surface area contributed by atoms with Crippen molar-refractivity contribution in [2.45, 2.75) is 45.1 Å². The second kappa shape index (κ2) is 8.08. The number of ether oxygens (including phenoxy) is 1. The highest BCUT2D eigenvalue weighted by molar-refractivity contribution is 5.82. The molecule has 0 spiro atoms. The lowest BCUT2D eigenvalue weighted by Gasteiger charge is -2.29. The van der Waals surface area contributed by atoms with Gasteiger partial charge in [-0.3, -0.25) is 5.32 Å². The lowest BCUT2D eigenvalue weighted by molar-refractivity contribution is -0.148. The smallest absolute Gasteiger partial charge is 0.330 e. The fourth-order valence-corrected chi connectivity index (χ4v) is 2.25. The molecule has 0 aromatic heterocycles. The molecule has 0 aliphatic heterocycles. The Morgan fingerprint density at radius 2 is 2.00 bits per heavy atom. The van der Waals surface area contributed by atoms with Gasteiger partial charge in [0.1, 0.15) is 17.2 Å². The van der Waals surface area contributed by atoms with Crippen molar-refractivity contribution < 1.29 is 18.3 Å². The van der Waals surface area contributed by atoms with Crippen LogP contribution in [0.25, 0.3) is 0 Å². The van der Waals surface area contributed by atoms with Crippen LogP contribution in [-0.2, 0) is 15.1 Å². The van der Waals surface area contributed by atoms with Gasteiger partial charge >= 0.3 is 5.97 Å². The van der Waals surface area contributed by atoms with Crippen LogP contribution < -0.4 is 5.32 Å². The Morgan fingerprint density at radius 3 is 2.62 bits per heavy atom. The second-order valence-electron chi connectivity index (χ2n) is 5.23. The van der Waals surface area contributed by atoms with E-state index in [-0.39, 0.29) is 5.56 Å². The van der Waals surface area contributed by atoms with Crippen molar-refractivity contribution in [3.63, 3.8) is 0 Å². The fraction of sp³-hybridized carbons (Fsp3) is 0.562. The third-order valence-corrected chi connectivity index (χ3v) is 3.57. The molecule has 1 atom stereocenters. The average Bonchev–Trinajstić information content (AvgIpc) is 2.48. The number of unbranched alkanes of at least 4 members (excludes halogenated alkanes) is 3. The van der Waals surface area contributed by atoms with Crippen molar-refractivity contribution in [3.8, 4) is 0 Å². The zero-order valence-electron chi connectivity index (χ0n) is 12.8. The van der Waals surface area contributed by atoms with Crippen molar-refractivity contribution in [1.29, 1.82) is 0 Å². The number of halogens is 2. The molecule has 0 amide bonds. The van der Waals surface area contributed by atoms with Crippen molar-refractivity contribution in [2.24, 2.45) is 0 Å². The molecular weight excluding hydrogens is 276 g/mol.